The quantitative estimate of drug-likeness (QED) is 0.172. The Morgan fingerprint density at radius 3 is 1.37 bits per heavy atom. The number of carboxylic acid groups (broad SMARTS) is 2. The van der Waals surface area contributed by atoms with E-state index in [2.05, 4.69) is 4.74 Å². The number of hydrogen-bond acceptors (Lipinski definition) is 9. The fourth-order valence-electron chi connectivity index (χ4n) is 1.14. The molecule has 0 unspecified atom stereocenters. The second kappa shape index (κ2) is 23.1. The highest BCUT2D eigenvalue weighted by Crippen LogP contribution is 2.18. The average molecular weight is 419 g/mol. The average Bonchev–Trinajstić information content (AvgIpc) is 2.65. The van der Waals surface area contributed by atoms with Crippen LogP contribution < -0.4 is 0 Å². The first-order chi connectivity index (χ1) is 12.8. The van der Waals surface area contributed by atoms with E-state index in [1.165, 1.54) is 11.8 Å². The predicted octanol–water partition coefficient (Wildman–Crippen LogP) is -0.984. The van der Waals surface area contributed by atoms with Crippen LogP contribution in [-0.4, -0.2) is 105 Å². The summed E-state index contributed by atoms with van der Waals surface area (Å²) in [5.74, 6) is -0.703. The molecule has 11 heteroatoms. The summed E-state index contributed by atoms with van der Waals surface area (Å²) in [6.07, 6.45) is 0.797. The number of ether oxygens (including phenoxy) is 1. The van der Waals surface area contributed by atoms with E-state index in [4.69, 9.17) is 35.7 Å². The Balaban J connectivity index is -0.000000329. The molecule has 7 N–H and O–H groups in total. The predicted molar refractivity (Wildman–Crippen MR) is 101 cm³/mol. The van der Waals surface area contributed by atoms with Gasteiger partial charge in [-0.25, -0.2) is 0 Å². The van der Waals surface area contributed by atoms with Gasteiger partial charge in [0.05, 0.1) is 59.1 Å². The maximum absolute atomic E-state index is 9.97. The van der Waals surface area contributed by atoms with Crippen LogP contribution >= 0.6 is 11.8 Å². The number of rotatable bonds is 14. The Hall–Kier alpha value is -0.950. The molecule has 0 atom stereocenters. The Labute approximate surface area is 163 Å². The fourth-order valence-corrected chi connectivity index (χ4v) is 1.98. The summed E-state index contributed by atoms with van der Waals surface area (Å²) < 4.78 is 4.63. The minimum absolute atomic E-state index is 0.0278. The van der Waals surface area contributed by atoms with Crippen LogP contribution in [0.2, 0.25) is 0 Å². The molecule has 0 spiro atoms. The van der Waals surface area contributed by atoms with E-state index in [9.17, 15) is 9.59 Å². The lowest BCUT2D eigenvalue weighted by atomic mass is 9.88. The van der Waals surface area contributed by atoms with Crippen molar-refractivity contribution in [2.45, 2.75) is 26.2 Å². The molecular weight excluding hydrogens is 384 g/mol. The third-order valence-electron chi connectivity index (χ3n) is 3.15. The zero-order valence-corrected chi connectivity index (χ0v) is 16.6. The topological polar surface area (TPSA) is 185 Å². The van der Waals surface area contributed by atoms with Crippen LogP contribution in [0.15, 0.2) is 0 Å². The van der Waals surface area contributed by atoms with E-state index < -0.39 is 17.4 Å². The number of aliphatic carboxylic acids is 2. The van der Waals surface area contributed by atoms with E-state index >= 15 is 0 Å². The molecule has 0 radical (unpaired) electrons. The molecule has 27 heavy (non-hydrogen) atoms. The zero-order valence-electron chi connectivity index (χ0n) is 15.7. The summed E-state index contributed by atoms with van der Waals surface area (Å²) in [4.78, 5) is 19.9. The molecule has 164 valence electrons. The van der Waals surface area contributed by atoms with E-state index in [1.54, 1.807) is 0 Å². The maximum Gasteiger partial charge on any atom is 0.304 e. The van der Waals surface area contributed by atoms with Crippen LogP contribution in [0.4, 0.5) is 0 Å². The molecule has 0 bridgehead atoms. The van der Waals surface area contributed by atoms with Gasteiger partial charge in [0.1, 0.15) is 0 Å². The highest BCUT2D eigenvalue weighted by molar-refractivity contribution is 7.99. The van der Waals surface area contributed by atoms with Gasteiger partial charge in [-0.05, 0) is 6.42 Å². The maximum atomic E-state index is 9.97. The molecule has 0 aliphatic carbocycles. The van der Waals surface area contributed by atoms with Gasteiger partial charge in [0, 0.05) is 16.9 Å². The van der Waals surface area contributed by atoms with Crippen LogP contribution in [0.1, 0.15) is 26.2 Å². The Bertz CT molecular complexity index is 300. The number of carbonyl (C=O) groups is 2. The van der Waals surface area contributed by atoms with Crippen molar-refractivity contribution in [1.29, 1.82) is 0 Å². The van der Waals surface area contributed by atoms with Crippen molar-refractivity contribution >= 4 is 23.7 Å². The molecule has 0 aliphatic heterocycles. The SMILES string of the molecule is CCC(CO)(CO)CO.O=C(O)CCSCCC(=O)O.OCCOCCO. The van der Waals surface area contributed by atoms with Crippen LogP contribution in [-0.2, 0) is 14.3 Å². The summed E-state index contributed by atoms with van der Waals surface area (Å²) in [6, 6.07) is 0. The molecule has 0 aliphatic rings. The monoisotopic (exact) mass is 418 g/mol. The van der Waals surface area contributed by atoms with Gasteiger partial charge in [-0.3, -0.25) is 9.59 Å². The van der Waals surface area contributed by atoms with Gasteiger partial charge in [-0.1, -0.05) is 6.92 Å². The fraction of sp³-hybridized carbons (Fsp3) is 0.875. The van der Waals surface area contributed by atoms with Crippen LogP contribution in [0.3, 0.4) is 0 Å². The molecule has 0 heterocycles. The second-order valence-electron chi connectivity index (χ2n) is 5.29. The summed E-state index contributed by atoms with van der Waals surface area (Å²) >= 11 is 1.35. The Morgan fingerprint density at radius 2 is 1.19 bits per heavy atom. The Kier molecular flexibility index (Phi) is 26.3. The minimum Gasteiger partial charge on any atom is -0.481 e. The lowest BCUT2D eigenvalue weighted by molar-refractivity contribution is -0.137. The van der Waals surface area contributed by atoms with Crippen LogP contribution in [0, 0.1) is 5.41 Å². The molecule has 0 aromatic heterocycles. The second-order valence-corrected chi connectivity index (χ2v) is 6.51. The van der Waals surface area contributed by atoms with Crippen LogP contribution in [0.25, 0.3) is 0 Å². The third-order valence-corrected chi connectivity index (χ3v) is 4.13. The van der Waals surface area contributed by atoms with E-state index in [1.807, 2.05) is 6.92 Å². The number of aliphatic hydroxyl groups is 5. The van der Waals surface area contributed by atoms with Crippen molar-refractivity contribution in [1.82, 2.24) is 0 Å². The van der Waals surface area contributed by atoms with E-state index in [-0.39, 0.29) is 45.9 Å². The van der Waals surface area contributed by atoms with Crippen molar-refractivity contribution in [3.63, 3.8) is 0 Å². The largest absolute Gasteiger partial charge is 0.481 e. The summed E-state index contributed by atoms with van der Waals surface area (Å²) in [5, 5.41) is 58.5. The first kappa shape index (κ1) is 30.8. The number of hydrogen-bond donors (Lipinski definition) is 7. The standard InChI is InChI=1S/C6H10O4S.C6H14O3.C4H10O3/c7-5(8)1-3-11-4-2-6(9)10;1-2-6(3-7,4-8)5-9;5-1-3-7-4-2-6/h1-4H2,(H,7,8)(H,9,10);7-9H,2-5H2,1H3;5-6H,1-4H2. The summed E-state index contributed by atoms with van der Waals surface area (Å²) in [7, 11) is 0. The zero-order chi connectivity index (χ0) is 21.6. The smallest absolute Gasteiger partial charge is 0.304 e. The van der Waals surface area contributed by atoms with Crippen molar-refractivity contribution in [3.05, 3.63) is 0 Å². The van der Waals surface area contributed by atoms with Crippen LogP contribution in [0.5, 0.6) is 0 Å². The molecule has 0 aromatic rings. The first-order valence-electron chi connectivity index (χ1n) is 8.42. The molecule has 0 aromatic carbocycles. The number of carboxylic acids is 2. The van der Waals surface area contributed by atoms with Gasteiger partial charge >= 0.3 is 11.9 Å². The van der Waals surface area contributed by atoms with E-state index in [0.29, 0.717) is 31.1 Å². The normalized spacial score (nSPS) is 10.3. The van der Waals surface area contributed by atoms with Gasteiger partial charge in [-0.2, -0.15) is 11.8 Å². The molecular formula is C16H34O10S. The van der Waals surface area contributed by atoms with Gasteiger partial charge in [-0.15, -0.1) is 0 Å². The lowest BCUT2D eigenvalue weighted by Gasteiger charge is -2.24. The Morgan fingerprint density at radius 1 is 0.815 bits per heavy atom. The molecule has 0 rings (SSSR count). The van der Waals surface area contributed by atoms with Crippen molar-refractivity contribution < 1.29 is 50.1 Å². The third kappa shape index (κ3) is 25.1. The minimum atomic E-state index is -0.840. The first-order valence-corrected chi connectivity index (χ1v) is 9.57. The molecule has 10 nitrogen and oxygen atoms in total. The number of thioether (sulfide) groups is 1. The van der Waals surface area contributed by atoms with Crippen molar-refractivity contribution in [2.75, 3.05) is 57.8 Å². The number of aliphatic hydroxyl groups excluding tert-OH is 5. The van der Waals surface area contributed by atoms with Gasteiger partial charge < -0.3 is 40.5 Å². The van der Waals surface area contributed by atoms with Gasteiger partial charge in [0.25, 0.3) is 0 Å². The lowest BCUT2D eigenvalue weighted by Crippen LogP contribution is -2.32. The summed E-state index contributed by atoms with van der Waals surface area (Å²) in [6.45, 7) is 2.05. The molecule has 0 saturated heterocycles. The van der Waals surface area contributed by atoms with Gasteiger partial charge in [0.2, 0.25) is 0 Å². The highest BCUT2D eigenvalue weighted by atomic mass is 32.2. The highest BCUT2D eigenvalue weighted by Gasteiger charge is 2.24. The molecule has 0 fully saturated rings. The molecule has 0 saturated carbocycles. The molecule has 0 amide bonds. The van der Waals surface area contributed by atoms with Gasteiger partial charge in [0.15, 0.2) is 0 Å². The van der Waals surface area contributed by atoms with Crippen molar-refractivity contribution in [3.8, 4) is 0 Å². The summed E-state index contributed by atoms with van der Waals surface area (Å²) in [5.41, 5.74) is -0.667. The van der Waals surface area contributed by atoms with E-state index in [0.717, 1.165) is 0 Å². The van der Waals surface area contributed by atoms with Crippen molar-refractivity contribution in [2.24, 2.45) is 5.41 Å².